The molecule has 2 rings (SSSR count). The average Bonchev–Trinajstić information content (AvgIpc) is 2.72. The van der Waals surface area contributed by atoms with Crippen LogP contribution in [0.2, 0.25) is 0 Å². The summed E-state index contributed by atoms with van der Waals surface area (Å²) in [6.07, 6.45) is 1.67. The number of carboxylic acids is 1. The Hall–Kier alpha value is -2.37. The number of benzene rings is 1. The van der Waals surface area contributed by atoms with Crippen LogP contribution in [0, 0.1) is 5.82 Å². The summed E-state index contributed by atoms with van der Waals surface area (Å²) in [7, 11) is 1.81. The van der Waals surface area contributed by atoms with E-state index in [1.54, 1.807) is 10.9 Å². The summed E-state index contributed by atoms with van der Waals surface area (Å²) in [6.45, 7) is 0.488. The van der Waals surface area contributed by atoms with Crippen molar-refractivity contribution in [1.29, 1.82) is 0 Å². The van der Waals surface area contributed by atoms with Gasteiger partial charge in [-0.05, 0) is 24.3 Å². The van der Waals surface area contributed by atoms with Gasteiger partial charge in [0.2, 0.25) is 0 Å². The molecule has 0 spiro atoms. The van der Waals surface area contributed by atoms with Crippen LogP contribution in [0.25, 0.3) is 0 Å². The van der Waals surface area contributed by atoms with Gasteiger partial charge in [0.1, 0.15) is 5.82 Å². The van der Waals surface area contributed by atoms with Crippen LogP contribution < -0.4 is 5.32 Å². The number of nitrogens with one attached hydrogen (secondary N) is 1. The van der Waals surface area contributed by atoms with Crippen molar-refractivity contribution >= 4 is 11.7 Å². The standard InChI is InChI=1S/C12H12FN3O2/c1-16-9(4-5-15-16)7-14-8-2-3-10(12(17)18)11(13)6-8/h2-6,14H,7H2,1H3,(H,17,18). The minimum atomic E-state index is -1.27. The Morgan fingerprint density at radius 1 is 1.50 bits per heavy atom. The second-order valence-electron chi connectivity index (χ2n) is 3.80. The lowest BCUT2D eigenvalue weighted by molar-refractivity contribution is 0.0692. The van der Waals surface area contributed by atoms with Crippen LogP contribution in [0.15, 0.2) is 30.5 Å². The molecule has 1 aromatic heterocycles. The molecule has 0 aliphatic carbocycles. The number of halogens is 1. The third-order valence-electron chi connectivity index (χ3n) is 2.60. The van der Waals surface area contributed by atoms with E-state index >= 15 is 0 Å². The van der Waals surface area contributed by atoms with Gasteiger partial charge in [-0.3, -0.25) is 4.68 Å². The Balaban J connectivity index is 2.09. The van der Waals surface area contributed by atoms with E-state index in [2.05, 4.69) is 10.4 Å². The highest BCUT2D eigenvalue weighted by Crippen LogP contribution is 2.15. The number of nitrogens with zero attached hydrogens (tertiary/aromatic N) is 2. The molecule has 0 saturated carbocycles. The topological polar surface area (TPSA) is 67.2 Å². The number of hydrogen-bond donors (Lipinski definition) is 2. The number of anilines is 1. The fraction of sp³-hybridized carbons (Fsp3) is 0.167. The van der Waals surface area contributed by atoms with Gasteiger partial charge in [-0.15, -0.1) is 0 Å². The van der Waals surface area contributed by atoms with Gasteiger partial charge in [-0.25, -0.2) is 9.18 Å². The number of carbonyl (C=O) groups is 1. The smallest absolute Gasteiger partial charge is 0.338 e. The van der Waals surface area contributed by atoms with Crippen LogP contribution in [-0.2, 0) is 13.6 Å². The molecule has 1 heterocycles. The quantitative estimate of drug-likeness (QED) is 0.868. The molecular formula is C12H12FN3O2. The predicted molar refractivity (Wildman–Crippen MR) is 63.9 cm³/mol. The van der Waals surface area contributed by atoms with Crippen LogP contribution in [0.1, 0.15) is 16.1 Å². The van der Waals surface area contributed by atoms with E-state index in [0.29, 0.717) is 12.2 Å². The van der Waals surface area contributed by atoms with E-state index in [9.17, 15) is 9.18 Å². The Bertz CT molecular complexity index is 580. The fourth-order valence-electron chi connectivity index (χ4n) is 1.57. The van der Waals surface area contributed by atoms with Gasteiger partial charge in [0, 0.05) is 18.9 Å². The fourth-order valence-corrected chi connectivity index (χ4v) is 1.57. The first-order chi connectivity index (χ1) is 8.58. The molecule has 18 heavy (non-hydrogen) atoms. The highest BCUT2D eigenvalue weighted by atomic mass is 19.1. The minimum absolute atomic E-state index is 0.332. The summed E-state index contributed by atoms with van der Waals surface area (Å²) in [5.74, 6) is -2.02. The first-order valence-corrected chi connectivity index (χ1v) is 5.31. The van der Waals surface area contributed by atoms with Crippen LogP contribution in [0.4, 0.5) is 10.1 Å². The zero-order valence-electron chi connectivity index (χ0n) is 9.72. The second-order valence-corrected chi connectivity index (χ2v) is 3.80. The summed E-state index contributed by atoms with van der Waals surface area (Å²) in [5.41, 5.74) is 1.14. The lowest BCUT2D eigenvalue weighted by Gasteiger charge is -2.07. The Kier molecular flexibility index (Phi) is 3.27. The molecular weight excluding hydrogens is 237 g/mol. The van der Waals surface area contributed by atoms with E-state index < -0.39 is 11.8 Å². The summed E-state index contributed by atoms with van der Waals surface area (Å²) in [5, 5.41) is 15.7. The predicted octanol–water partition coefficient (Wildman–Crippen LogP) is 1.87. The molecule has 0 bridgehead atoms. The lowest BCUT2D eigenvalue weighted by atomic mass is 10.2. The highest BCUT2D eigenvalue weighted by Gasteiger charge is 2.10. The van der Waals surface area contributed by atoms with Gasteiger partial charge >= 0.3 is 5.97 Å². The molecule has 5 nitrogen and oxygen atoms in total. The van der Waals surface area contributed by atoms with E-state index in [1.165, 1.54) is 18.2 Å². The van der Waals surface area contributed by atoms with E-state index in [-0.39, 0.29) is 5.56 Å². The van der Waals surface area contributed by atoms with Crippen molar-refractivity contribution < 1.29 is 14.3 Å². The molecule has 0 amide bonds. The van der Waals surface area contributed by atoms with Crippen molar-refractivity contribution in [3.63, 3.8) is 0 Å². The van der Waals surface area contributed by atoms with Crippen molar-refractivity contribution in [2.24, 2.45) is 7.05 Å². The maximum absolute atomic E-state index is 13.4. The Morgan fingerprint density at radius 2 is 2.28 bits per heavy atom. The van der Waals surface area contributed by atoms with Gasteiger partial charge in [-0.1, -0.05) is 0 Å². The zero-order chi connectivity index (χ0) is 13.1. The van der Waals surface area contributed by atoms with Gasteiger partial charge in [0.15, 0.2) is 0 Å². The third kappa shape index (κ3) is 2.48. The monoisotopic (exact) mass is 249 g/mol. The molecule has 0 unspecified atom stereocenters. The number of rotatable bonds is 4. The summed E-state index contributed by atoms with van der Waals surface area (Å²) in [4.78, 5) is 10.7. The number of carboxylic acid groups (broad SMARTS) is 1. The second kappa shape index (κ2) is 4.87. The minimum Gasteiger partial charge on any atom is -0.478 e. The molecule has 0 aliphatic heterocycles. The van der Waals surface area contributed by atoms with Crippen molar-refractivity contribution in [1.82, 2.24) is 9.78 Å². The average molecular weight is 249 g/mol. The summed E-state index contributed by atoms with van der Waals surface area (Å²) < 4.78 is 15.1. The molecule has 0 atom stereocenters. The van der Waals surface area contributed by atoms with Gasteiger partial charge in [0.05, 0.1) is 17.8 Å². The normalized spacial score (nSPS) is 10.3. The van der Waals surface area contributed by atoms with Crippen molar-refractivity contribution in [2.45, 2.75) is 6.54 Å². The molecule has 0 saturated heterocycles. The summed E-state index contributed by atoms with van der Waals surface area (Å²) in [6, 6.07) is 5.78. The lowest BCUT2D eigenvalue weighted by Crippen LogP contribution is -2.06. The van der Waals surface area contributed by atoms with Crippen molar-refractivity contribution in [3.05, 3.63) is 47.5 Å². The maximum Gasteiger partial charge on any atom is 0.338 e. The Morgan fingerprint density at radius 3 is 2.83 bits per heavy atom. The van der Waals surface area contributed by atoms with Crippen LogP contribution >= 0.6 is 0 Å². The Labute approximate surface area is 103 Å². The zero-order valence-corrected chi connectivity index (χ0v) is 9.72. The maximum atomic E-state index is 13.4. The largest absolute Gasteiger partial charge is 0.478 e. The van der Waals surface area contributed by atoms with E-state index in [4.69, 9.17) is 5.11 Å². The highest BCUT2D eigenvalue weighted by molar-refractivity contribution is 5.88. The van der Waals surface area contributed by atoms with Gasteiger partial charge < -0.3 is 10.4 Å². The number of hydrogen-bond acceptors (Lipinski definition) is 3. The number of aryl methyl sites for hydroxylation is 1. The first kappa shape index (κ1) is 12.1. The number of aromatic nitrogens is 2. The molecule has 2 aromatic rings. The van der Waals surface area contributed by atoms with Crippen LogP contribution in [0.5, 0.6) is 0 Å². The van der Waals surface area contributed by atoms with E-state index in [0.717, 1.165) is 5.69 Å². The van der Waals surface area contributed by atoms with E-state index in [1.807, 2.05) is 13.1 Å². The SMILES string of the molecule is Cn1nccc1CNc1ccc(C(=O)O)c(F)c1. The molecule has 2 N–H and O–H groups in total. The molecule has 0 radical (unpaired) electrons. The number of aromatic carboxylic acids is 1. The third-order valence-corrected chi connectivity index (χ3v) is 2.60. The van der Waals surface area contributed by atoms with Crippen LogP contribution in [-0.4, -0.2) is 20.9 Å². The van der Waals surface area contributed by atoms with Crippen molar-refractivity contribution in [3.8, 4) is 0 Å². The molecule has 0 aliphatic rings. The van der Waals surface area contributed by atoms with Crippen LogP contribution in [0.3, 0.4) is 0 Å². The van der Waals surface area contributed by atoms with Gasteiger partial charge in [-0.2, -0.15) is 5.10 Å². The van der Waals surface area contributed by atoms with Crippen molar-refractivity contribution in [2.75, 3.05) is 5.32 Å². The first-order valence-electron chi connectivity index (χ1n) is 5.31. The molecule has 1 aromatic carbocycles. The molecule has 94 valence electrons. The molecule has 0 fully saturated rings. The van der Waals surface area contributed by atoms with Gasteiger partial charge in [0.25, 0.3) is 0 Å². The molecule has 6 heteroatoms. The summed E-state index contributed by atoms with van der Waals surface area (Å²) >= 11 is 0.